The number of hydrogen-bond donors (Lipinski definition) is 1. The molecule has 1 aliphatic heterocycles. The normalized spacial score (nSPS) is 17.4. The molecule has 96 valence electrons. The number of carbonyl (C=O) groups excluding carboxylic acids is 1. The van der Waals surface area contributed by atoms with E-state index in [1.165, 1.54) is 17.7 Å². The van der Waals surface area contributed by atoms with Gasteiger partial charge in [-0.05, 0) is 42.2 Å². The maximum absolute atomic E-state index is 12.9. The third kappa shape index (κ3) is 2.24. The second-order valence-corrected chi connectivity index (χ2v) is 4.79. The van der Waals surface area contributed by atoms with Crippen LogP contribution in [0.1, 0.15) is 33.9 Å². The standard InChI is InChI=1S/C16H14FNO/c17-14-7-4-11(5-8-14)15-9-6-12-2-1-3-13(10-19)16(12)18-15/h1-5,7-8,10,15,18H,6,9H2. The van der Waals surface area contributed by atoms with Crippen LogP contribution in [-0.2, 0) is 6.42 Å². The number of aldehydes is 1. The van der Waals surface area contributed by atoms with Crippen LogP contribution in [0.4, 0.5) is 10.1 Å². The predicted molar refractivity (Wildman–Crippen MR) is 72.9 cm³/mol. The third-order valence-corrected chi connectivity index (χ3v) is 3.60. The molecular weight excluding hydrogens is 241 g/mol. The number of rotatable bonds is 2. The van der Waals surface area contributed by atoms with Crippen LogP contribution < -0.4 is 5.32 Å². The van der Waals surface area contributed by atoms with Gasteiger partial charge in [-0.1, -0.05) is 24.3 Å². The Labute approximate surface area is 111 Å². The molecule has 2 aromatic carbocycles. The van der Waals surface area contributed by atoms with Gasteiger partial charge in [0.25, 0.3) is 0 Å². The van der Waals surface area contributed by atoms with Gasteiger partial charge < -0.3 is 5.32 Å². The highest BCUT2D eigenvalue weighted by Gasteiger charge is 2.20. The molecule has 0 saturated carbocycles. The molecule has 1 aliphatic rings. The minimum Gasteiger partial charge on any atom is -0.377 e. The van der Waals surface area contributed by atoms with Crippen LogP contribution in [0.3, 0.4) is 0 Å². The first-order valence-electron chi connectivity index (χ1n) is 6.37. The number of halogens is 1. The fourth-order valence-corrected chi connectivity index (χ4v) is 2.59. The van der Waals surface area contributed by atoms with Gasteiger partial charge >= 0.3 is 0 Å². The van der Waals surface area contributed by atoms with Crippen molar-refractivity contribution in [2.24, 2.45) is 0 Å². The Morgan fingerprint density at radius 1 is 1.16 bits per heavy atom. The van der Waals surface area contributed by atoms with Crippen molar-refractivity contribution in [3.05, 3.63) is 65.0 Å². The molecule has 2 nitrogen and oxygen atoms in total. The van der Waals surface area contributed by atoms with E-state index in [0.29, 0.717) is 5.56 Å². The first kappa shape index (κ1) is 11.9. The minimum atomic E-state index is -0.228. The number of hydrogen-bond acceptors (Lipinski definition) is 2. The van der Waals surface area contributed by atoms with Crippen molar-refractivity contribution in [3.8, 4) is 0 Å². The van der Waals surface area contributed by atoms with Gasteiger partial charge in [0.2, 0.25) is 0 Å². The van der Waals surface area contributed by atoms with Gasteiger partial charge in [0.05, 0.1) is 6.04 Å². The van der Waals surface area contributed by atoms with Crippen molar-refractivity contribution in [2.75, 3.05) is 5.32 Å². The molecule has 3 rings (SSSR count). The Morgan fingerprint density at radius 2 is 1.95 bits per heavy atom. The molecule has 3 heteroatoms. The van der Waals surface area contributed by atoms with Crippen molar-refractivity contribution in [1.29, 1.82) is 0 Å². The van der Waals surface area contributed by atoms with Gasteiger partial charge in [0, 0.05) is 11.3 Å². The fraction of sp³-hybridized carbons (Fsp3) is 0.188. The van der Waals surface area contributed by atoms with Crippen LogP contribution >= 0.6 is 0 Å². The second-order valence-electron chi connectivity index (χ2n) is 4.79. The first-order valence-corrected chi connectivity index (χ1v) is 6.37. The SMILES string of the molecule is O=Cc1cccc2c1NC(c1ccc(F)cc1)CC2. The van der Waals surface area contributed by atoms with E-state index >= 15 is 0 Å². The quantitative estimate of drug-likeness (QED) is 0.828. The van der Waals surface area contributed by atoms with Crippen LogP contribution in [0.15, 0.2) is 42.5 Å². The van der Waals surface area contributed by atoms with Crippen LogP contribution in [0, 0.1) is 5.82 Å². The topological polar surface area (TPSA) is 29.1 Å². The molecule has 0 fully saturated rings. The number of fused-ring (bicyclic) bond motifs is 1. The summed E-state index contributed by atoms with van der Waals surface area (Å²) in [5.41, 5.74) is 3.82. The van der Waals surface area contributed by atoms with Gasteiger partial charge in [-0.15, -0.1) is 0 Å². The van der Waals surface area contributed by atoms with E-state index in [1.54, 1.807) is 12.1 Å². The number of carbonyl (C=O) groups is 1. The number of anilines is 1. The van der Waals surface area contributed by atoms with Crippen molar-refractivity contribution >= 4 is 12.0 Å². The summed E-state index contributed by atoms with van der Waals surface area (Å²) in [6, 6.07) is 12.4. The lowest BCUT2D eigenvalue weighted by Gasteiger charge is -2.28. The molecule has 1 unspecified atom stereocenters. The Balaban J connectivity index is 1.93. The molecule has 1 heterocycles. The van der Waals surface area contributed by atoms with Crippen molar-refractivity contribution in [1.82, 2.24) is 0 Å². The van der Waals surface area contributed by atoms with E-state index in [4.69, 9.17) is 0 Å². The summed E-state index contributed by atoms with van der Waals surface area (Å²) < 4.78 is 12.9. The highest BCUT2D eigenvalue weighted by atomic mass is 19.1. The summed E-state index contributed by atoms with van der Waals surface area (Å²) in [5, 5.41) is 3.40. The average Bonchev–Trinajstić information content (AvgIpc) is 2.47. The van der Waals surface area contributed by atoms with E-state index in [0.717, 1.165) is 30.4 Å². The molecule has 0 radical (unpaired) electrons. The molecule has 19 heavy (non-hydrogen) atoms. The number of benzene rings is 2. The number of para-hydroxylation sites is 1. The zero-order chi connectivity index (χ0) is 13.2. The smallest absolute Gasteiger partial charge is 0.152 e. The van der Waals surface area contributed by atoms with E-state index in [-0.39, 0.29) is 11.9 Å². The summed E-state index contributed by atoms with van der Waals surface area (Å²) in [5.74, 6) is -0.228. The highest BCUT2D eigenvalue weighted by Crippen LogP contribution is 2.34. The lowest BCUT2D eigenvalue weighted by molar-refractivity contribution is 0.112. The predicted octanol–water partition coefficient (Wildman–Crippen LogP) is 3.74. The van der Waals surface area contributed by atoms with E-state index in [1.807, 2.05) is 18.2 Å². The maximum atomic E-state index is 12.9. The zero-order valence-electron chi connectivity index (χ0n) is 10.4. The summed E-state index contributed by atoms with van der Waals surface area (Å²) >= 11 is 0. The Hall–Kier alpha value is -2.16. The van der Waals surface area contributed by atoms with E-state index in [2.05, 4.69) is 5.32 Å². The Morgan fingerprint density at radius 3 is 2.68 bits per heavy atom. The van der Waals surface area contributed by atoms with Gasteiger partial charge in [0.1, 0.15) is 5.82 Å². The largest absolute Gasteiger partial charge is 0.377 e. The summed E-state index contributed by atoms with van der Waals surface area (Å²) in [7, 11) is 0. The molecule has 0 aliphatic carbocycles. The fourth-order valence-electron chi connectivity index (χ4n) is 2.59. The zero-order valence-corrected chi connectivity index (χ0v) is 10.4. The molecule has 0 bridgehead atoms. The molecule has 0 amide bonds. The van der Waals surface area contributed by atoms with Crippen molar-refractivity contribution in [2.45, 2.75) is 18.9 Å². The third-order valence-electron chi connectivity index (χ3n) is 3.60. The highest BCUT2D eigenvalue weighted by molar-refractivity contribution is 5.86. The lowest BCUT2D eigenvalue weighted by Crippen LogP contribution is -2.19. The Kier molecular flexibility index (Phi) is 3.03. The molecule has 0 aromatic heterocycles. The van der Waals surface area contributed by atoms with Crippen LogP contribution in [0.2, 0.25) is 0 Å². The second kappa shape index (κ2) is 4.84. The Bertz CT molecular complexity index is 607. The van der Waals surface area contributed by atoms with Crippen LogP contribution in [-0.4, -0.2) is 6.29 Å². The van der Waals surface area contributed by atoms with Gasteiger partial charge in [0.15, 0.2) is 6.29 Å². The molecular formula is C16H14FNO. The monoisotopic (exact) mass is 255 g/mol. The van der Waals surface area contributed by atoms with E-state index in [9.17, 15) is 9.18 Å². The minimum absolute atomic E-state index is 0.134. The summed E-state index contributed by atoms with van der Waals surface area (Å²) in [4.78, 5) is 11.1. The number of nitrogens with one attached hydrogen (secondary N) is 1. The first-order chi connectivity index (χ1) is 9.28. The number of aryl methyl sites for hydroxylation is 1. The maximum Gasteiger partial charge on any atom is 0.152 e. The summed E-state index contributed by atoms with van der Waals surface area (Å²) in [6.07, 6.45) is 2.74. The van der Waals surface area contributed by atoms with Crippen LogP contribution in [0.25, 0.3) is 0 Å². The van der Waals surface area contributed by atoms with E-state index < -0.39 is 0 Å². The van der Waals surface area contributed by atoms with Crippen molar-refractivity contribution in [3.63, 3.8) is 0 Å². The summed E-state index contributed by atoms with van der Waals surface area (Å²) in [6.45, 7) is 0. The molecule has 0 saturated heterocycles. The molecule has 2 aromatic rings. The van der Waals surface area contributed by atoms with Gasteiger partial charge in [-0.2, -0.15) is 0 Å². The van der Waals surface area contributed by atoms with Gasteiger partial charge in [-0.25, -0.2) is 4.39 Å². The lowest BCUT2D eigenvalue weighted by atomic mass is 9.92. The average molecular weight is 255 g/mol. The van der Waals surface area contributed by atoms with Crippen LogP contribution in [0.5, 0.6) is 0 Å². The molecule has 0 spiro atoms. The van der Waals surface area contributed by atoms with Gasteiger partial charge in [-0.3, -0.25) is 4.79 Å². The van der Waals surface area contributed by atoms with Crippen molar-refractivity contribution < 1.29 is 9.18 Å². The molecule has 1 atom stereocenters. The molecule has 1 N–H and O–H groups in total.